The number of halogens is 1. The van der Waals surface area contributed by atoms with Crippen molar-refractivity contribution in [1.29, 1.82) is 0 Å². The van der Waals surface area contributed by atoms with Gasteiger partial charge in [0.05, 0.1) is 10.7 Å². The molecule has 0 spiro atoms. The minimum Gasteiger partial charge on any atom is -0.371 e. The molecule has 0 bridgehead atoms. The van der Waals surface area contributed by atoms with Crippen LogP contribution in [0.3, 0.4) is 0 Å². The quantitative estimate of drug-likeness (QED) is 0.783. The first kappa shape index (κ1) is 13.3. The van der Waals surface area contributed by atoms with E-state index in [2.05, 4.69) is 25.0 Å². The van der Waals surface area contributed by atoms with Crippen LogP contribution in [-0.2, 0) is 14.7 Å². The molecule has 0 amide bonds. The van der Waals surface area contributed by atoms with Gasteiger partial charge >= 0.3 is 9.33 Å². The average Bonchev–Trinajstić information content (AvgIpc) is 2.16. The summed E-state index contributed by atoms with van der Waals surface area (Å²) in [5.41, 5.74) is 1.20. The van der Waals surface area contributed by atoms with Crippen molar-refractivity contribution in [2.75, 3.05) is 0 Å². The molecule has 90 valence electrons. The summed E-state index contributed by atoms with van der Waals surface area (Å²) in [6.07, 6.45) is 1.00. The Labute approximate surface area is 101 Å². The van der Waals surface area contributed by atoms with Gasteiger partial charge in [-0.05, 0) is 29.5 Å². The second-order valence-electron chi connectivity index (χ2n) is 4.24. The molecular formula is C11H15ClO3S. The van der Waals surface area contributed by atoms with E-state index in [1.807, 2.05) is 12.1 Å². The molecule has 1 aromatic carbocycles. The van der Waals surface area contributed by atoms with Gasteiger partial charge in [0.1, 0.15) is 5.75 Å². The van der Waals surface area contributed by atoms with E-state index in [1.165, 1.54) is 0 Å². The van der Waals surface area contributed by atoms with Gasteiger partial charge in [0.15, 0.2) is 0 Å². The van der Waals surface area contributed by atoms with Crippen LogP contribution in [0.5, 0.6) is 5.75 Å². The van der Waals surface area contributed by atoms with Crippen LogP contribution in [0.1, 0.15) is 32.8 Å². The first-order valence-corrected chi connectivity index (χ1v) is 7.22. The molecule has 1 rings (SSSR count). The predicted molar refractivity (Wildman–Crippen MR) is 65.2 cm³/mol. The zero-order chi connectivity index (χ0) is 12.4. The minimum atomic E-state index is -3.96. The third-order valence-electron chi connectivity index (χ3n) is 2.72. The van der Waals surface area contributed by atoms with Crippen molar-refractivity contribution in [1.82, 2.24) is 0 Å². The van der Waals surface area contributed by atoms with E-state index >= 15 is 0 Å². The van der Waals surface area contributed by atoms with E-state index in [0.717, 1.165) is 12.0 Å². The van der Waals surface area contributed by atoms with E-state index < -0.39 is 9.33 Å². The van der Waals surface area contributed by atoms with Crippen molar-refractivity contribution < 1.29 is 12.6 Å². The SMILES string of the molecule is CCC(C)(C)c1ccc(OS(=O)(=O)Cl)cc1. The summed E-state index contributed by atoms with van der Waals surface area (Å²) in [6, 6.07) is 6.90. The van der Waals surface area contributed by atoms with Crippen LogP contribution in [0.2, 0.25) is 0 Å². The summed E-state index contributed by atoms with van der Waals surface area (Å²) in [6.45, 7) is 6.36. The highest BCUT2D eigenvalue weighted by Gasteiger charge is 2.18. The summed E-state index contributed by atoms with van der Waals surface area (Å²) in [5.74, 6) is 0.227. The van der Waals surface area contributed by atoms with Gasteiger partial charge in [-0.15, -0.1) is 0 Å². The lowest BCUT2D eigenvalue weighted by molar-refractivity contribution is 0.497. The third-order valence-corrected chi connectivity index (χ3v) is 3.30. The Morgan fingerprint density at radius 2 is 1.75 bits per heavy atom. The molecule has 0 unspecified atom stereocenters. The molecule has 0 aliphatic carbocycles. The molecule has 0 saturated heterocycles. The molecule has 0 aromatic heterocycles. The Morgan fingerprint density at radius 3 is 2.12 bits per heavy atom. The Hall–Kier alpha value is -0.740. The van der Waals surface area contributed by atoms with Crippen molar-refractivity contribution in [3.05, 3.63) is 29.8 Å². The van der Waals surface area contributed by atoms with Gasteiger partial charge in [-0.3, -0.25) is 0 Å². The summed E-state index contributed by atoms with van der Waals surface area (Å²) in [5, 5.41) is 0. The number of hydrogen-bond donors (Lipinski definition) is 0. The lowest BCUT2D eigenvalue weighted by Gasteiger charge is -2.23. The molecular weight excluding hydrogens is 248 g/mol. The first-order valence-electron chi connectivity index (χ1n) is 4.99. The molecule has 0 saturated carbocycles. The van der Waals surface area contributed by atoms with Gasteiger partial charge in [-0.2, -0.15) is 8.42 Å². The van der Waals surface area contributed by atoms with Crippen LogP contribution in [-0.4, -0.2) is 8.42 Å². The van der Waals surface area contributed by atoms with Crippen molar-refractivity contribution in [3.63, 3.8) is 0 Å². The maximum absolute atomic E-state index is 10.7. The third kappa shape index (κ3) is 3.68. The predicted octanol–water partition coefficient (Wildman–Crippen LogP) is 3.24. The van der Waals surface area contributed by atoms with Gasteiger partial charge in [-0.1, -0.05) is 32.9 Å². The second kappa shape index (κ2) is 4.63. The summed E-state index contributed by atoms with van der Waals surface area (Å²) >= 11 is 0. The van der Waals surface area contributed by atoms with Crippen molar-refractivity contribution >= 4 is 20.0 Å². The highest BCUT2D eigenvalue weighted by molar-refractivity contribution is 8.10. The largest absolute Gasteiger partial charge is 0.401 e. The summed E-state index contributed by atoms with van der Waals surface area (Å²) < 4.78 is 25.9. The fourth-order valence-corrected chi connectivity index (χ4v) is 1.84. The Bertz CT molecular complexity index is 449. The van der Waals surface area contributed by atoms with Gasteiger partial charge in [0.25, 0.3) is 0 Å². The summed E-state index contributed by atoms with van der Waals surface area (Å²) in [7, 11) is 1.02. The smallest absolute Gasteiger partial charge is 0.371 e. The molecule has 3 nitrogen and oxygen atoms in total. The molecule has 5 heteroatoms. The topological polar surface area (TPSA) is 43.4 Å². The van der Waals surface area contributed by atoms with Gasteiger partial charge in [0, 0.05) is 0 Å². The Balaban J connectivity index is 2.92. The molecule has 0 aliphatic rings. The molecule has 0 atom stereocenters. The molecule has 0 aliphatic heterocycles. The number of hydrogen-bond acceptors (Lipinski definition) is 3. The van der Waals surface area contributed by atoms with Crippen LogP contribution >= 0.6 is 10.7 Å². The average molecular weight is 263 g/mol. The van der Waals surface area contributed by atoms with E-state index in [0.29, 0.717) is 0 Å². The zero-order valence-electron chi connectivity index (χ0n) is 9.53. The summed E-state index contributed by atoms with van der Waals surface area (Å²) in [4.78, 5) is 0. The van der Waals surface area contributed by atoms with Crippen molar-refractivity contribution in [2.24, 2.45) is 0 Å². The fourth-order valence-electron chi connectivity index (χ4n) is 1.28. The lowest BCUT2D eigenvalue weighted by atomic mass is 9.82. The normalized spacial score (nSPS) is 12.5. The van der Waals surface area contributed by atoms with Crippen LogP contribution < -0.4 is 4.18 Å². The molecule has 0 fully saturated rings. The van der Waals surface area contributed by atoms with E-state index in [-0.39, 0.29) is 11.2 Å². The maximum Gasteiger partial charge on any atom is 0.401 e. The molecule has 0 N–H and O–H groups in total. The fraction of sp³-hybridized carbons (Fsp3) is 0.455. The van der Waals surface area contributed by atoms with Gasteiger partial charge in [-0.25, -0.2) is 0 Å². The van der Waals surface area contributed by atoms with Gasteiger partial charge in [0.2, 0.25) is 0 Å². The van der Waals surface area contributed by atoms with Crippen LogP contribution in [0, 0.1) is 0 Å². The molecule has 0 heterocycles. The van der Waals surface area contributed by atoms with Crippen molar-refractivity contribution in [3.8, 4) is 5.75 Å². The van der Waals surface area contributed by atoms with E-state index in [4.69, 9.17) is 10.7 Å². The monoisotopic (exact) mass is 262 g/mol. The molecule has 1 aromatic rings. The Morgan fingerprint density at radius 1 is 1.25 bits per heavy atom. The number of rotatable bonds is 4. The second-order valence-corrected chi connectivity index (χ2v) is 6.33. The standard InChI is InChI=1S/C11H15ClO3S/c1-4-11(2,3)9-5-7-10(8-6-9)15-16(12,13)14/h5-8H,4H2,1-3H3. The van der Waals surface area contributed by atoms with Crippen LogP contribution in [0.25, 0.3) is 0 Å². The highest BCUT2D eigenvalue weighted by atomic mass is 35.7. The molecule has 0 radical (unpaired) electrons. The highest BCUT2D eigenvalue weighted by Crippen LogP contribution is 2.28. The first-order chi connectivity index (χ1) is 7.24. The minimum absolute atomic E-state index is 0.0678. The number of benzene rings is 1. The van der Waals surface area contributed by atoms with Crippen LogP contribution in [0.4, 0.5) is 0 Å². The van der Waals surface area contributed by atoms with Gasteiger partial charge < -0.3 is 4.18 Å². The van der Waals surface area contributed by atoms with Crippen molar-refractivity contribution in [2.45, 2.75) is 32.6 Å². The Kier molecular flexibility index (Phi) is 3.86. The van der Waals surface area contributed by atoms with E-state index in [1.54, 1.807) is 12.1 Å². The zero-order valence-corrected chi connectivity index (χ0v) is 11.1. The lowest BCUT2D eigenvalue weighted by Crippen LogP contribution is -2.15. The molecule has 16 heavy (non-hydrogen) atoms. The maximum atomic E-state index is 10.7. The van der Waals surface area contributed by atoms with E-state index in [9.17, 15) is 8.42 Å². The van der Waals surface area contributed by atoms with Crippen LogP contribution in [0.15, 0.2) is 24.3 Å².